The molecule has 2 rings (SSSR count). The largest absolute Gasteiger partial charge is 0.487 e. The molecule has 0 bridgehead atoms. The van der Waals surface area contributed by atoms with Gasteiger partial charge in [0.05, 0.1) is 5.69 Å². The lowest BCUT2D eigenvalue weighted by atomic mass is 10.0. The number of amides is 1. The molecule has 184 valence electrons. The third kappa shape index (κ3) is 13.5. The number of rotatable bonds is 11. The van der Waals surface area contributed by atoms with E-state index in [-0.39, 0.29) is 12.1 Å². The molecule has 0 saturated heterocycles. The standard InChI is InChI=1S/C25H37N3O3.CH4O/c1-19(2)17-26-15-13-21(28-24(29)31-25(3,4)5)16-20-9-11-23(12-10-20)30-18-22-8-6-7-14-27-22;1-2/h6-12,14,19,21,26H,13,15-18H2,1-5H3,(H,28,29);2H,1H3. The Labute approximate surface area is 198 Å². The fourth-order valence-corrected chi connectivity index (χ4v) is 3.01. The van der Waals surface area contributed by atoms with E-state index in [1.165, 1.54) is 0 Å². The molecule has 1 amide bonds. The Balaban J connectivity index is 0.00000265. The summed E-state index contributed by atoms with van der Waals surface area (Å²) in [5.74, 6) is 1.39. The van der Waals surface area contributed by atoms with Gasteiger partial charge in [-0.25, -0.2) is 4.79 Å². The summed E-state index contributed by atoms with van der Waals surface area (Å²) in [6, 6.07) is 13.8. The minimum absolute atomic E-state index is 0.0187. The van der Waals surface area contributed by atoms with Crippen LogP contribution in [0.1, 0.15) is 52.3 Å². The van der Waals surface area contributed by atoms with Crippen molar-refractivity contribution in [2.45, 2.75) is 65.7 Å². The molecular weight excluding hydrogens is 418 g/mol. The molecular formula is C26H41N3O4. The van der Waals surface area contributed by atoms with E-state index in [0.29, 0.717) is 12.5 Å². The van der Waals surface area contributed by atoms with Gasteiger partial charge in [0, 0.05) is 19.3 Å². The van der Waals surface area contributed by atoms with Gasteiger partial charge in [-0.15, -0.1) is 0 Å². The van der Waals surface area contributed by atoms with Crippen molar-refractivity contribution in [3.8, 4) is 5.75 Å². The molecule has 0 saturated carbocycles. The second-order valence-electron chi connectivity index (χ2n) is 9.19. The molecule has 1 aromatic carbocycles. The fourth-order valence-electron chi connectivity index (χ4n) is 3.01. The fraction of sp³-hybridized carbons (Fsp3) is 0.538. The maximum absolute atomic E-state index is 12.3. The van der Waals surface area contributed by atoms with Crippen LogP contribution in [0.15, 0.2) is 48.7 Å². The Kier molecular flexibility index (Phi) is 13.1. The average Bonchev–Trinajstić information content (AvgIpc) is 2.77. The molecule has 0 aliphatic heterocycles. The van der Waals surface area contributed by atoms with Crippen molar-refractivity contribution >= 4 is 6.09 Å². The number of aromatic nitrogens is 1. The van der Waals surface area contributed by atoms with Crippen LogP contribution in [-0.4, -0.2) is 48.0 Å². The van der Waals surface area contributed by atoms with Crippen LogP contribution in [0.25, 0.3) is 0 Å². The SMILES string of the molecule is CC(C)CNCCC(Cc1ccc(OCc2ccccn2)cc1)NC(=O)OC(C)(C)C.CO. The van der Waals surface area contributed by atoms with E-state index >= 15 is 0 Å². The molecule has 7 nitrogen and oxygen atoms in total. The molecule has 7 heteroatoms. The summed E-state index contributed by atoms with van der Waals surface area (Å²) in [6.07, 6.45) is 2.93. The van der Waals surface area contributed by atoms with Crippen LogP contribution in [0.4, 0.5) is 4.79 Å². The van der Waals surface area contributed by atoms with Crippen LogP contribution in [0.2, 0.25) is 0 Å². The van der Waals surface area contributed by atoms with Crippen molar-refractivity contribution in [2.75, 3.05) is 20.2 Å². The highest BCUT2D eigenvalue weighted by atomic mass is 16.6. The molecule has 3 N–H and O–H groups in total. The first-order valence-corrected chi connectivity index (χ1v) is 11.5. The van der Waals surface area contributed by atoms with Crippen molar-refractivity contribution in [2.24, 2.45) is 5.92 Å². The minimum atomic E-state index is -0.517. The van der Waals surface area contributed by atoms with Gasteiger partial charge in [0.1, 0.15) is 18.0 Å². The third-order valence-corrected chi connectivity index (χ3v) is 4.46. The number of aliphatic hydroxyl groups is 1. The predicted octanol–water partition coefficient (Wildman–Crippen LogP) is 4.34. The highest BCUT2D eigenvalue weighted by molar-refractivity contribution is 5.68. The number of alkyl carbamates (subject to hydrolysis) is 1. The number of nitrogens with one attached hydrogen (secondary N) is 2. The normalized spacial score (nSPS) is 11.9. The Morgan fingerprint density at radius 2 is 1.79 bits per heavy atom. The van der Waals surface area contributed by atoms with Crippen LogP contribution < -0.4 is 15.4 Å². The molecule has 1 atom stereocenters. The average molecular weight is 460 g/mol. The van der Waals surface area contributed by atoms with Gasteiger partial charge in [-0.1, -0.05) is 32.0 Å². The van der Waals surface area contributed by atoms with Gasteiger partial charge in [-0.3, -0.25) is 4.98 Å². The summed E-state index contributed by atoms with van der Waals surface area (Å²) in [5, 5.41) is 13.5. The number of hydrogen-bond acceptors (Lipinski definition) is 6. The van der Waals surface area contributed by atoms with Crippen LogP contribution in [0.3, 0.4) is 0 Å². The van der Waals surface area contributed by atoms with Gasteiger partial charge >= 0.3 is 6.09 Å². The first kappa shape index (κ1) is 28.4. The number of carbonyl (C=O) groups is 1. The Hall–Kier alpha value is -2.64. The molecule has 1 heterocycles. The molecule has 1 unspecified atom stereocenters. The quantitative estimate of drug-likeness (QED) is 0.433. The van der Waals surface area contributed by atoms with Gasteiger partial charge in [-0.2, -0.15) is 0 Å². The summed E-state index contributed by atoms with van der Waals surface area (Å²) in [4.78, 5) is 16.6. The summed E-state index contributed by atoms with van der Waals surface area (Å²) in [6.45, 7) is 12.2. The van der Waals surface area contributed by atoms with Gasteiger partial charge in [0.2, 0.25) is 0 Å². The van der Waals surface area contributed by atoms with Crippen molar-refractivity contribution in [1.82, 2.24) is 15.6 Å². The zero-order chi connectivity index (χ0) is 24.7. The first-order chi connectivity index (χ1) is 15.7. The number of hydrogen-bond donors (Lipinski definition) is 3. The summed E-state index contributed by atoms with van der Waals surface area (Å²) in [7, 11) is 1.00. The van der Waals surface area contributed by atoms with Crippen molar-refractivity contribution in [1.29, 1.82) is 0 Å². The van der Waals surface area contributed by atoms with E-state index in [1.54, 1.807) is 6.20 Å². The maximum atomic E-state index is 12.3. The predicted molar refractivity (Wildman–Crippen MR) is 132 cm³/mol. The van der Waals surface area contributed by atoms with Gasteiger partial charge < -0.3 is 25.2 Å². The van der Waals surface area contributed by atoms with Gasteiger partial charge in [0.25, 0.3) is 0 Å². The van der Waals surface area contributed by atoms with Gasteiger partial charge in [0.15, 0.2) is 0 Å². The van der Waals surface area contributed by atoms with Crippen LogP contribution >= 0.6 is 0 Å². The molecule has 0 fully saturated rings. The third-order valence-electron chi connectivity index (χ3n) is 4.46. The maximum Gasteiger partial charge on any atom is 0.407 e. The van der Waals surface area contributed by atoms with Crippen molar-refractivity contribution < 1.29 is 19.4 Å². The van der Waals surface area contributed by atoms with Gasteiger partial charge in [-0.05, 0) is 82.4 Å². The summed E-state index contributed by atoms with van der Waals surface area (Å²) < 4.78 is 11.3. The van der Waals surface area contributed by atoms with E-state index in [4.69, 9.17) is 14.6 Å². The lowest BCUT2D eigenvalue weighted by Crippen LogP contribution is -2.41. The van der Waals surface area contributed by atoms with Crippen LogP contribution in [-0.2, 0) is 17.8 Å². The van der Waals surface area contributed by atoms with E-state index in [1.807, 2.05) is 63.2 Å². The van der Waals surface area contributed by atoms with Crippen molar-refractivity contribution in [3.05, 3.63) is 59.9 Å². The monoisotopic (exact) mass is 459 g/mol. The molecule has 0 aliphatic carbocycles. The number of benzene rings is 1. The second-order valence-corrected chi connectivity index (χ2v) is 9.19. The second kappa shape index (κ2) is 15.2. The number of carbonyl (C=O) groups excluding carboxylic acids is 1. The number of ether oxygens (including phenoxy) is 2. The van der Waals surface area contributed by atoms with E-state index in [9.17, 15) is 4.79 Å². The summed E-state index contributed by atoms with van der Waals surface area (Å²) >= 11 is 0. The number of pyridine rings is 1. The topological polar surface area (TPSA) is 92.7 Å². The zero-order valence-electron chi connectivity index (χ0n) is 20.9. The van der Waals surface area contributed by atoms with Crippen LogP contribution in [0.5, 0.6) is 5.75 Å². The zero-order valence-corrected chi connectivity index (χ0v) is 20.9. The first-order valence-electron chi connectivity index (χ1n) is 11.5. The Morgan fingerprint density at radius 3 is 2.36 bits per heavy atom. The smallest absolute Gasteiger partial charge is 0.407 e. The number of aliphatic hydroxyl groups excluding tert-OH is 1. The van der Waals surface area contributed by atoms with Crippen LogP contribution in [0, 0.1) is 5.92 Å². The molecule has 33 heavy (non-hydrogen) atoms. The molecule has 0 radical (unpaired) electrons. The minimum Gasteiger partial charge on any atom is -0.487 e. The van der Waals surface area contributed by atoms with Crippen molar-refractivity contribution in [3.63, 3.8) is 0 Å². The van der Waals surface area contributed by atoms with E-state index < -0.39 is 5.60 Å². The lowest BCUT2D eigenvalue weighted by Gasteiger charge is -2.24. The highest BCUT2D eigenvalue weighted by Crippen LogP contribution is 2.16. The molecule has 1 aromatic heterocycles. The molecule has 2 aromatic rings. The molecule has 0 aliphatic rings. The molecule has 0 spiro atoms. The highest BCUT2D eigenvalue weighted by Gasteiger charge is 2.19. The Morgan fingerprint density at radius 1 is 1.09 bits per heavy atom. The summed E-state index contributed by atoms with van der Waals surface area (Å²) in [5.41, 5.74) is 1.51. The Bertz CT molecular complexity index is 774. The van der Waals surface area contributed by atoms with E-state index in [2.05, 4.69) is 29.5 Å². The van der Waals surface area contributed by atoms with E-state index in [0.717, 1.165) is 50.0 Å². The lowest BCUT2D eigenvalue weighted by molar-refractivity contribution is 0.0501. The number of nitrogens with zero attached hydrogens (tertiary/aromatic N) is 1.